The summed E-state index contributed by atoms with van der Waals surface area (Å²) in [5.74, 6) is 0. The van der Waals surface area contributed by atoms with E-state index < -0.39 is 10.0 Å². The van der Waals surface area contributed by atoms with Crippen LogP contribution in [-0.2, 0) is 29.5 Å². The van der Waals surface area contributed by atoms with Gasteiger partial charge in [-0.05, 0) is 52.4 Å². The van der Waals surface area contributed by atoms with Gasteiger partial charge >= 0.3 is 0 Å². The maximum Gasteiger partial charge on any atom is 0.241 e. The lowest BCUT2D eigenvalue weighted by molar-refractivity contribution is 0.580. The molecular weight excluding hydrogens is 304 g/mol. The molecule has 0 bridgehead atoms. The third kappa shape index (κ3) is 3.71. The fourth-order valence-electron chi connectivity index (χ4n) is 2.09. The fourth-order valence-corrected chi connectivity index (χ4v) is 4.31. The van der Waals surface area contributed by atoms with Gasteiger partial charge in [0.25, 0.3) is 0 Å². The van der Waals surface area contributed by atoms with Crippen LogP contribution in [0.5, 0.6) is 0 Å². The molecule has 0 unspecified atom stereocenters. The number of thiophene rings is 1. The number of hydrogen-bond donors (Lipinski definition) is 2. The van der Waals surface area contributed by atoms with E-state index in [4.69, 9.17) is 5.73 Å². The summed E-state index contributed by atoms with van der Waals surface area (Å²) >= 11 is 1.57. The maximum atomic E-state index is 12.5. The summed E-state index contributed by atoms with van der Waals surface area (Å²) in [6, 6.07) is 5.38. The van der Waals surface area contributed by atoms with Crippen molar-refractivity contribution in [3.8, 4) is 0 Å². The molecule has 0 aliphatic heterocycles. The topological polar surface area (TPSA) is 72.2 Å². The molecule has 1 aromatic heterocycles. The molecule has 0 saturated carbocycles. The van der Waals surface area contributed by atoms with E-state index >= 15 is 0 Å². The molecule has 6 heteroatoms. The first-order chi connectivity index (χ1) is 9.97. The van der Waals surface area contributed by atoms with E-state index in [2.05, 4.69) is 4.72 Å². The molecule has 0 amide bonds. The largest absolute Gasteiger partial charge is 0.326 e. The van der Waals surface area contributed by atoms with Crippen LogP contribution in [0.25, 0.3) is 0 Å². The normalized spacial score (nSPS) is 11.8. The van der Waals surface area contributed by atoms with Gasteiger partial charge in [-0.1, -0.05) is 19.1 Å². The van der Waals surface area contributed by atoms with E-state index in [0.717, 1.165) is 22.3 Å². The number of nitrogens with two attached hydrogens (primary N) is 1. The standard InChI is InChI=1S/C15H20N2O2S2/c1-3-13-5-4-12(7-16)6-15(13)21(18,19)17-8-14-10-20-9-11(14)2/h4-6,9-10,17H,3,7-8,16H2,1-2H3. The Bertz CT molecular complexity index is 721. The number of hydrogen-bond acceptors (Lipinski definition) is 4. The molecule has 1 aromatic carbocycles. The second-order valence-electron chi connectivity index (χ2n) is 4.90. The van der Waals surface area contributed by atoms with Gasteiger partial charge in [0.1, 0.15) is 0 Å². The Morgan fingerprint density at radius 2 is 2.00 bits per heavy atom. The summed E-state index contributed by atoms with van der Waals surface area (Å²) < 4.78 is 27.8. The Labute approximate surface area is 130 Å². The van der Waals surface area contributed by atoms with Crippen LogP contribution in [0.1, 0.15) is 29.2 Å². The highest BCUT2D eigenvalue weighted by Gasteiger charge is 2.18. The first-order valence-corrected chi connectivity index (χ1v) is 9.23. The minimum atomic E-state index is -3.53. The van der Waals surface area contributed by atoms with Crippen molar-refractivity contribution in [3.05, 3.63) is 51.2 Å². The van der Waals surface area contributed by atoms with Crippen molar-refractivity contribution in [2.45, 2.75) is 38.3 Å². The second kappa shape index (κ2) is 6.70. The molecule has 1 heterocycles. The lowest BCUT2D eigenvalue weighted by Crippen LogP contribution is -2.24. The van der Waals surface area contributed by atoms with Crippen molar-refractivity contribution in [2.75, 3.05) is 0 Å². The summed E-state index contributed by atoms with van der Waals surface area (Å²) in [5, 5.41) is 3.98. The smallest absolute Gasteiger partial charge is 0.241 e. The third-order valence-electron chi connectivity index (χ3n) is 3.45. The van der Waals surface area contributed by atoms with E-state index in [1.165, 1.54) is 0 Å². The van der Waals surface area contributed by atoms with Crippen LogP contribution in [-0.4, -0.2) is 8.42 Å². The lowest BCUT2D eigenvalue weighted by Gasteiger charge is -2.12. The fraction of sp³-hybridized carbons (Fsp3) is 0.333. The van der Waals surface area contributed by atoms with E-state index in [1.54, 1.807) is 17.4 Å². The summed E-state index contributed by atoms with van der Waals surface area (Å²) in [4.78, 5) is 0.334. The molecule has 4 nitrogen and oxygen atoms in total. The molecular formula is C15H20N2O2S2. The minimum absolute atomic E-state index is 0.313. The lowest BCUT2D eigenvalue weighted by atomic mass is 10.1. The van der Waals surface area contributed by atoms with E-state index in [-0.39, 0.29) is 0 Å². The van der Waals surface area contributed by atoms with Gasteiger partial charge in [0.05, 0.1) is 4.90 Å². The quantitative estimate of drug-likeness (QED) is 0.858. The van der Waals surface area contributed by atoms with Crippen LogP contribution in [0.4, 0.5) is 0 Å². The van der Waals surface area contributed by atoms with Crippen molar-refractivity contribution in [1.82, 2.24) is 4.72 Å². The summed E-state index contributed by atoms with van der Waals surface area (Å²) in [6.07, 6.45) is 0.665. The maximum absolute atomic E-state index is 12.5. The van der Waals surface area contributed by atoms with Gasteiger partial charge in [-0.25, -0.2) is 13.1 Å². The van der Waals surface area contributed by atoms with E-state index in [9.17, 15) is 8.42 Å². The molecule has 3 N–H and O–H groups in total. The van der Waals surface area contributed by atoms with Crippen molar-refractivity contribution in [3.63, 3.8) is 0 Å². The van der Waals surface area contributed by atoms with Crippen LogP contribution in [0.15, 0.2) is 33.9 Å². The number of sulfonamides is 1. The zero-order chi connectivity index (χ0) is 15.5. The monoisotopic (exact) mass is 324 g/mol. The Morgan fingerprint density at radius 1 is 1.24 bits per heavy atom. The van der Waals surface area contributed by atoms with Gasteiger partial charge in [-0.15, -0.1) is 0 Å². The number of aryl methyl sites for hydroxylation is 2. The second-order valence-corrected chi connectivity index (χ2v) is 7.38. The SMILES string of the molecule is CCc1ccc(CN)cc1S(=O)(=O)NCc1cscc1C. The first kappa shape index (κ1) is 16.2. The Kier molecular flexibility index (Phi) is 5.16. The molecule has 0 aliphatic carbocycles. The Balaban J connectivity index is 2.28. The van der Waals surface area contributed by atoms with Gasteiger partial charge in [0.2, 0.25) is 10.0 Å². The van der Waals surface area contributed by atoms with Crippen molar-refractivity contribution < 1.29 is 8.42 Å². The van der Waals surface area contributed by atoms with Gasteiger partial charge in [-0.3, -0.25) is 0 Å². The third-order valence-corrected chi connectivity index (χ3v) is 5.85. The van der Waals surface area contributed by atoms with Gasteiger partial charge in [0.15, 0.2) is 0 Å². The van der Waals surface area contributed by atoms with Crippen LogP contribution in [0, 0.1) is 6.92 Å². The van der Waals surface area contributed by atoms with E-state index in [0.29, 0.717) is 24.4 Å². The van der Waals surface area contributed by atoms with Gasteiger partial charge in [-0.2, -0.15) is 11.3 Å². The number of rotatable bonds is 6. The molecule has 21 heavy (non-hydrogen) atoms. The van der Waals surface area contributed by atoms with E-state index in [1.807, 2.05) is 36.7 Å². The molecule has 0 radical (unpaired) electrons. The average Bonchev–Trinajstić information content (AvgIpc) is 2.90. The first-order valence-electron chi connectivity index (χ1n) is 6.81. The molecule has 114 valence electrons. The highest BCUT2D eigenvalue weighted by Crippen LogP contribution is 2.20. The Morgan fingerprint density at radius 3 is 2.57 bits per heavy atom. The molecule has 0 saturated heterocycles. The summed E-state index contributed by atoms with van der Waals surface area (Å²) in [5.41, 5.74) is 9.35. The van der Waals surface area contributed by atoms with Crippen molar-refractivity contribution >= 4 is 21.4 Å². The molecule has 0 fully saturated rings. The number of nitrogens with one attached hydrogen (secondary N) is 1. The zero-order valence-corrected chi connectivity index (χ0v) is 13.9. The van der Waals surface area contributed by atoms with Crippen LogP contribution < -0.4 is 10.5 Å². The van der Waals surface area contributed by atoms with Crippen LogP contribution >= 0.6 is 11.3 Å². The summed E-state index contributed by atoms with van der Waals surface area (Å²) in [6.45, 7) is 4.57. The molecule has 2 rings (SSSR count). The Hall–Kier alpha value is -1.21. The van der Waals surface area contributed by atoms with Gasteiger partial charge in [0, 0.05) is 13.1 Å². The molecule has 0 atom stereocenters. The predicted octanol–water partition coefficient (Wildman–Crippen LogP) is 2.56. The van der Waals surface area contributed by atoms with Crippen LogP contribution in [0.3, 0.4) is 0 Å². The minimum Gasteiger partial charge on any atom is -0.326 e. The van der Waals surface area contributed by atoms with Crippen molar-refractivity contribution in [2.24, 2.45) is 5.73 Å². The molecule has 0 aliphatic rings. The number of benzene rings is 1. The zero-order valence-electron chi connectivity index (χ0n) is 12.2. The summed E-state index contributed by atoms with van der Waals surface area (Å²) in [7, 11) is -3.53. The average molecular weight is 324 g/mol. The molecule has 2 aromatic rings. The van der Waals surface area contributed by atoms with Crippen LogP contribution in [0.2, 0.25) is 0 Å². The highest BCUT2D eigenvalue weighted by molar-refractivity contribution is 7.89. The highest BCUT2D eigenvalue weighted by atomic mass is 32.2. The van der Waals surface area contributed by atoms with Gasteiger partial charge < -0.3 is 5.73 Å². The van der Waals surface area contributed by atoms with Crippen molar-refractivity contribution in [1.29, 1.82) is 0 Å². The molecule has 0 spiro atoms. The predicted molar refractivity (Wildman–Crippen MR) is 86.8 cm³/mol.